The predicted molar refractivity (Wildman–Crippen MR) is 77.8 cm³/mol. The number of nitriles is 1. The van der Waals surface area contributed by atoms with Gasteiger partial charge in [0.2, 0.25) is 10.0 Å². The second kappa shape index (κ2) is 7.75. The van der Waals surface area contributed by atoms with Crippen LogP contribution in [0.25, 0.3) is 0 Å². The van der Waals surface area contributed by atoms with Gasteiger partial charge in [0.1, 0.15) is 5.82 Å². The molecule has 1 atom stereocenters. The molecule has 0 heterocycles. The molecular weight excluding hydrogens is 293 g/mol. The van der Waals surface area contributed by atoms with Crippen molar-refractivity contribution in [3.63, 3.8) is 0 Å². The van der Waals surface area contributed by atoms with Crippen molar-refractivity contribution in [2.45, 2.75) is 25.1 Å². The van der Waals surface area contributed by atoms with E-state index in [0.29, 0.717) is 5.56 Å². The molecule has 7 heteroatoms. The fourth-order valence-electron chi connectivity index (χ4n) is 1.60. The molecule has 3 N–H and O–H groups in total. The molecule has 1 rings (SSSR count). The Hall–Kier alpha value is -1.93. The molecule has 5 nitrogen and oxygen atoms in total. The number of hydrogen-bond donors (Lipinski definition) is 2. The Balaban J connectivity index is 2.91. The summed E-state index contributed by atoms with van der Waals surface area (Å²) in [7, 11) is -3.80. The standard InChI is InChI=1S/C14H16FN3O2S/c1-2-13(9-17)21(19,20)18-10-12-8-11(4-3-7-16)5-6-14(12)15/h5-6,8,13,18H,2,7,10,16H2,1H3. The van der Waals surface area contributed by atoms with Crippen molar-refractivity contribution < 1.29 is 12.8 Å². The SMILES string of the molecule is CCC(C#N)S(=O)(=O)NCc1cc(C#CCN)ccc1F. The van der Waals surface area contributed by atoms with E-state index in [0.717, 1.165) is 0 Å². The molecule has 1 aromatic rings. The first-order valence-corrected chi connectivity index (χ1v) is 7.84. The summed E-state index contributed by atoms with van der Waals surface area (Å²) in [6, 6.07) is 5.85. The topological polar surface area (TPSA) is 96.0 Å². The number of sulfonamides is 1. The van der Waals surface area contributed by atoms with Crippen LogP contribution in [-0.4, -0.2) is 20.2 Å². The quantitative estimate of drug-likeness (QED) is 0.788. The number of nitrogens with two attached hydrogens (primary N) is 1. The summed E-state index contributed by atoms with van der Waals surface area (Å²) in [5.41, 5.74) is 5.96. The van der Waals surface area contributed by atoms with Crippen molar-refractivity contribution >= 4 is 10.0 Å². The number of nitrogens with zero attached hydrogens (tertiary/aromatic N) is 1. The summed E-state index contributed by atoms with van der Waals surface area (Å²) in [6.07, 6.45) is 0.163. The zero-order valence-corrected chi connectivity index (χ0v) is 12.4. The Morgan fingerprint density at radius 3 is 2.76 bits per heavy atom. The third-order valence-corrected chi connectivity index (χ3v) is 4.47. The molecule has 0 amide bonds. The number of hydrogen-bond acceptors (Lipinski definition) is 4. The lowest BCUT2D eigenvalue weighted by atomic mass is 10.1. The largest absolute Gasteiger partial charge is 0.320 e. The summed E-state index contributed by atoms with van der Waals surface area (Å²) < 4.78 is 39.6. The van der Waals surface area contributed by atoms with Gasteiger partial charge in [0.15, 0.2) is 5.25 Å². The lowest BCUT2D eigenvalue weighted by molar-refractivity contribution is 0.566. The smallest absolute Gasteiger partial charge is 0.228 e. The number of nitrogens with one attached hydrogen (secondary N) is 1. The van der Waals surface area contributed by atoms with E-state index in [-0.39, 0.29) is 25.1 Å². The molecule has 21 heavy (non-hydrogen) atoms. The minimum atomic E-state index is -3.80. The fourth-order valence-corrected chi connectivity index (χ4v) is 2.74. The second-order valence-corrected chi connectivity index (χ2v) is 6.15. The molecule has 0 spiro atoms. The van der Waals surface area contributed by atoms with Crippen molar-refractivity contribution in [1.82, 2.24) is 4.72 Å². The first-order valence-electron chi connectivity index (χ1n) is 6.30. The predicted octanol–water partition coefficient (Wildman–Crippen LogP) is 0.857. The minimum Gasteiger partial charge on any atom is -0.320 e. The number of halogens is 1. The van der Waals surface area contributed by atoms with E-state index in [1.165, 1.54) is 18.2 Å². The van der Waals surface area contributed by atoms with E-state index in [1.54, 1.807) is 13.0 Å². The zero-order valence-electron chi connectivity index (χ0n) is 11.6. The van der Waals surface area contributed by atoms with Crippen LogP contribution in [0.1, 0.15) is 24.5 Å². The van der Waals surface area contributed by atoms with Crippen molar-refractivity contribution in [2.24, 2.45) is 5.73 Å². The van der Waals surface area contributed by atoms with Gasteiger partial charge < -0.3 is 5.73 Å². The molecule has 0 aliphatic heterocycles. The van der Waals surface area contributed by atoms with Crippen molar-refractivity contribution in [3.05, 3.63) is 35.1 Å². The molecule has 0 saturated heterocycles. The number of rotatable bonds is 5. The molecule has 0 aliphatic rings. The molecule has 0 radical (unpaired) electrons. The average Bonchev–Trinajstić information content (AvgIpc) is 2.46. The van der Waals surface area contributed by atoms with E-state index >= 15 is 0 Å². The molecule has 1 aromatic carbocycles. The van der Waals surface area contributed by atoms with E-state index in [4.69, 9.17) is 11.0 Å². The van der Waals surface area contributed by atoms with Crippen LogP contribution in [0.15, 0.2) is 18.2 Å². The third-order valence-electron chi connectivity index (χ3n) is 2.73. The number of benzene rings is 1. The molecule has 1 unspecified atom stereocenters. The van der Waals surface area contributed by atoms with Crippen molar-refractivity contribution in [1.29, 1.82) is 5.26 Å². The zero-order chi connectivity index (χ0) is 15.9. The van der Waals surface area contributed by atoms with Gasteiger partial charge in [-0.25, -0.2) is 17.5 Å². The van der Waals surface area contributed by atoms with E-state index in [1.807, 2.05) is 0 Å². The maximum absolute atomic E-state index is 13.7. The summed E-state index contributed by atoms with van der Waals surface area (Å²) in [5.74, 6) is 4.84. The second-order valence-electron chi connectivity index (χ2n) is 4.20. The van der Waals surface area contributed by atoms with Gasteiger partial charge in [-0.3, -0.25) is 0 Å². The van der Waals surface area contributed by atoms with Gasteiger partial charge in [-0.2, -0.15) is 5.26 Å². The normalized spacial score (nSPS) is 12.1. The summed E-state index contributed by atoms with van der Waals surface area (Å²) in [4.78, 5) is 0. The van der Waals surface area contributed by atoms with Crippen LogP contribution >= 0.6 is 0 Å². The highest BCUT2D eigenvalue weighted by Gasteiger charge is 2.23. The Kier molecular flexibility index (Phi) is 6.32. The van der Waals surface area contributed by atoms with Crippen LogP contribution in [0, 0.1) is 29.0 Å². The fraction of sp³-hybridized carbons (Fsp3) is 0.357. The van der Waals surface area contributed by atoms with Crippen LogP contribution in [0.5, 0.6) is 0 Å². The lowest BCUT2D eigenvalue weighted by Gasteiger charge is -2.10. The van der Waals surface area contributed by atoms with Gasteiger partial charge in [0.05, 0.1) is 12.6 Å². The molecule has 112 valence electrons. The van der Waals surface area contributed by atoms with Gasteiger partial charge in [0.25, 0.3) is 0 Å². The van der Waals surface area contributed by atoms with E-state index < -0.39 is 21.1 Å². The molecular formula is C14H16FN3O2S. The van der Waals surface area contributed by atoms with Gasteiger partial charge in [-0.05, 0) is 24.6 Å². The van der Waals surface area contributed by atoms with Gasteiger partial charge >= 0.3 is 0 Å². The highest BCUT2D eigenvalue weighted by atomic mass is 32.2. The Bertz CT molecular complexity index is 699. The van der Waals surface area contributed by atoms with Gasteiger partial charge in [0, 0.05) is 17.7 Å². The first-order chi connectivity index (χ1) is 9.94. The van der Waals surface area contributed by atoms with Crippen LogP contribution in [0.2, 0.25) is 0 Å². The maximum Gasteiger partial charge on any atom is 0.228 e. The van der Waals surface area contributed by atoms with E-state index in [2.05, 4.69) is 16.6 Å². The molecule has 0 saturated carbocycles. The molecule has 0 bridgehead atoms. The Morgan fingerprint density at radius 1 is 1.48 bits per heavy atom. The molecule has 0 aromatic heterocycles. The summed E-state index contributed by atoms with van der Waals surface area (Å²) in [6.45, 7) is 1.54. The minimum absolute atomic E-state index is 0.162. The maximum atomic E-state index is 13.7. The first kappa shape index (κ1) is 17.1. The average molecular weight is 309 g/mol. The molecule has 0 fully saturated rings. The van der Waals surface area contributed by atoms with Crippen molar-refractivity contribution in [3.8, 4) is 17.9 Å². The van der Waals surface area contributed by atoms with Gasteiger partial charge in [-0.15, -0.1) is 0 Å². The molecule has 0 aliphatic carbocycles. The van der Waals surface area contributed by atoms with Crippen LogP contribution in [-0.2, 0) is 16.6 Å². The summed E-state index contributed by atoms with van der Waals surface area (Å²) >= 11 is 0. The van der Waals surface area contributed by atoms with Gasteiger partial charge in [-0.1, -0.05) is 18.8 Å². The van der Waals surface area contributed by atoms with Crippen LogP contribution in [0.3, 0.4) is 0 Å². The third kappa shape index (κ3) is 4.83. The Labute approximate surface area is 124 Å². The lowest BCUT2D eigenvalue weighted by Crippen LogP contribution is -2.33. The van der Waals surface area contributed by atoms with Crippen LogP contribution in [0.4, 0.5) is 4.39 Å². The monoisotopic (exact) mass is 309 g/mol. The van der Waals surface area contributed by atoms with E-state index in [9.17, 15) is 12.8 Å². The summed E-state index contributed by atoms with van der Waals surface area (Å²) in [5, 5.41) is 7.63. The van der Waals surface area contributed by atoms with Crippen LogP contribution < -0.4 is 10.5 Å². The Morgan fingerprint density at radius 2 is 2.19 bits per heavy atom. The van der Waals surface area contributed by atoms with Crippen molar-refractivity contribution in [2.75, 3.05) is 6.54 Å². The highest BCUT2D eigenvalue weighted by Crippen LogP contribution is 2.11. The highest BCUT2D eigenvalue weighted by molar-refractivity contribution is 7.90.